The summed E-state index contributed by atoms with van der Waals surface area (Å²) in [7, 11) is 0. The minimum atomic E-state index is 0.378. The van der Waals surface area contributed by atoms with E-state index in [0.717, 1.165) is 15.7 Å². The van der Waals surface area contributed by atoms with Crippen LogP contribution in [0.15, 0.2) is 41.1 Å². The zero-order valence-electron chi connectivity index (χ0n) is 7.68. The summed E-state index contributed by atoms with van der Waals surface area (Å²) in [5.41, 5.74) is 2.11. The van der Waals surface area contributed by atoms with Gasteiger partial charge in [0.05, 0.1) is 5.69 Å². The molecule has 1 aromatic heterocycles. The van der Waals surface area contributed by atoms with Crippen molar-refractivity contribution < 1.29 is 0 Å². The molecule has 1 aromatic carbocycles. The Hall–Kier alpha value is -1.73. The molecule has 4 heteroatoms. The molecule has 0 saturated heterocycles. The second-order valence-corrected chi connectivity index (χ2v) is 3.82. The van der Waals surface area contributed by atoms with E-state index in [1.165, 1.54) is 6.33 Å². The van der Waals surface area contributed by atoms with E-state index in [-0.39, 0.29) is 0 Å². The van der Waals surface area contributed by atoms with Crippen LogP contribution >= 0.6 is 15.9 Å². The monoisotopic (exact) mass is 259 g/mol. The van der Waals surface area contributed by atoms with Gasteiger partial charge in [-0.3, -0.25) is 0 Å². The van der Waals surface area contributed by atoms with Crippen LogP contribution in [0.25, 0.3) is 11.3 Å². The Bertz CT molecular complexity index is 514. The fourth-order valence-electron chi connectivity index (χ4n) is 1.20. The van der Waals surface area contributed by atoms with Gasteiger partial charge in [0.15, 0.2) is 0 Å². The fraction of sp³-hybridized carbons (Fsp3) is 0. The topological polar surface area (TPSA) is 49.6 Å². The first kappa shape index (κ1) is 9.81. The van der Waals surface area contributed by atoms with Crippen molar-refractivity contribution in [1.29, 1.82) is 5.26 Å². The van der Waals surface area contributed by atoms with E-state index >= 15 is 0 Å². The lowest BCUT2D eigenvalue weighted by Crippen LogP contribution is -1.88. The molecule has 0 aliphatic carbocycles. The van der Waals surface area contributed by atoms with E-state index in [4.69, 9.17) is 5.26 Å². The summed E-state index contributed by atoms with van der Waals surface area (Å²) in [5, 5.41) is 8.71. The lowest BCUT2D eigenvalue weighted by molar-refractivity contribution is 1.14. The molecule has 0 aliphatic heterocycles. The van der Waals surface area contributed by atoms with Crippen LogP contribution in [0, 0.1) is 11.3 Å². The molecule has 0 saturated carbocycles. The Balaban J connectivity index is 2.46. The fourth-order valence-corrected chi connectivity index (χ4v) is 1.46. The molecule has 2 rings (SSSR count). The first-order chi connectivity index (χ1) is 7.29. The maximum Gasteiger partial charge on any atom is 0.144 e. The normalized spacial score (nSPS) is 9.60. The maximum atomic E-state index is 8.71. The van der Waals surface area contributed by atoms with E-state index < -0.39 is 0 Å². The molecule has 0 fully saturated rings. The molecular formula is C11H6BrN3. The van der Waals surface area contributed by atoms with Gasteiger partial charge in [-0.05, 0) is 12.1 Å². The van der Waals surface area contributed by atoms with Crippen molar-refractivity contribution in [1.82, 2.24) is 9.97 Å². The average molecular weight is 260 g/mol. The van der Waals surface area contributed by atoms with Crippen LogP contribution < -0.4 is 0 Å². The number of halogens is 1. The summed E-state index contributed by atoms with van der Waals surface area (Å²) in [4.78, 5) is 7.93. The van der Waals surface area contributed by atoms with Crippen LogP contribution in [0.4, 0.5) is 0 Å². The van der Waals surface area contributed by atoms with E-state index in [9.17, 15) is 0 Å². The van der Waals surface area contributed by atoms with Gasteiger partial charge in [0, 0.05) is 16.1 Å². The first-order valence-corrected chi connectivity index (χ1v) is 5.07. The highest BCUT2D eigenvalue weighted by atomic mass is 79.9. The summed E-state index contributed by atoms with van der Waals surface area (Å²) in [5.74, 6) is 0. The number of rotatable bonds is 1. The number of hydrogen-bond donors (Lipinski definition) is 0. The molecule has 2 aromatic rings. The third kappa shape index (κ3) is 2.20. The summed E-state index contributed by atoms with van der Waals surface area (Å²) in [6, 6.07) is 11.4. The van der Waals surface area contributed by atoms with Gasteiger partial charge < -0.3 is 0 Å². The lowest BCUT2D eigenvalue weighted by Gasteiger charge is -2.00. The van der Waals surface area contributed by atoms with Crippen LogP contribution in [0.5, 0.6) is 0 Å². The Morgan fingerprint density at radius 1 is 1.13 bits per heavy atom. The van der Waals surface area contributed by atoms with Gasteiger partial charge in [-0.2, -0.15) is 5.26 Å². The first-order valence-electron chi connectivity index (χ1n) is 4.27. The van der Waals surface area contributed by atoms with Gasteiger partial charge in [0.2, 0.25) is 0 Å². The van der Waals surface area contributed by atoms with Crippen LogP contribution in [0.1, 0.15) is 5.69 Å². The van der Waals surface area contributed by atoms with Gasteiger partial charge in [-0.25, -0.2) is 9.97 Å². The van der Waals surface area contributed by atoms with Crippen LogP contribution in [0.2, 0.25) is 0 Å². The minimum absolute atomic E-state index is 0.378. The highest BCUT2D eigenvalue weighted by Crippen LogP contribution is 2.19. The second-order valence-electron chi connectivity index (χ2n) is 2.91. The van der Waals surface area contributed by atoms with Gasteiger partial charge in [-0.1, -0.05) is 28.1 Å². The van der Waals surface area contributed by atoms with Crippen molar-refractivity contribution in [2.75, 3.05) is 0 Å². The molecule has 0 N–H and O–H groups in total. The third-order valence-electron chi connectivity index (χ3n) is 1.92. The van der Waals surface area contributed by atoms with E-state index in [1.807, 2.05) is 30.3 Å². The van der Waals surface area contributed by atoms with E-state index in [1.54, 1.807) is 6.07 Å². The van der Waals surface area contributed by atoms with Crippen molar-refractivity contribution in [3.8, 4) is 17.3 Å². The van der Waals surface area contributed by atoms with Crippen molar-refractivity contribution in [2.45, 2.75) is 0 Å². The molecule has 3 nitrogen and oxygen atoms in total. The van der Waals surface area contributed by atoms with Crippen molar-refractivity contribution in [2.24, 2.45) is 0 Å². The highest BCUT2D eigenvalue weighted by Gasteiger charge is 2.00. The van der Waals surface area contributed by atoms with Crippen LogP contribution in [0.3, 0.4) is 0 Å². The van der Waals surface area contributed by atoms with Crippen LogP contribution in [-0.2, 0) is 0 Å². The van der Waals surface area contributed by atoms with Crippen molar-refractivity contribution >= 4 is 15.9 Å². The largest absolute Gasteiger partial charge is 0.236 e. The number of benzene rings is 1. The predicted octanol–water partition coefficient (Wildman–Crippen LogP) is 2.78. The standard InChI is InChI=1S/C11H6BrN3/c12-9-3-1-8(2-4-9)11-5-10(6-13)14-7-15-11/h1-5,7H. The molecule has 0 bridgehead atoms. The van der Waals surface area contributed by atoms with Gasteiger partial charge >= 0.3 is 0 Å². The van der Waals surface area contributed by atoms with Gasteiger partial charge in [0.25, 0.3) is 0 Å². The molecule has 1 heterocycles. The second kappa shape index (κ2) is 4.20. The summed E-state index contributed by atoms with van der Waals surface area (Å²) >= 11 is 3.36. The van der Waals surface area contributed by atoms with Gasteiger partial charge in [0.1, 0.15) is 18.1 Å². The summed E-state index contributed by atoms with van der Waals surface area (Å²) in [6.45, 7) is 0. The molecular weight excluding hydrogens is 254 g/mol. The Kier molecular flexibility index (Phi) is 2.75. The Morgan fingerprint density at radius 3 is 2.53 bits per heavy atom. The smallest absolute Gasteiger partial charge is 0.144 e. The number of nitriles is 1. The van der Waals surface area contributed by atoms with Crippen molar-refractivity contribution in [3.63, 3.8) is 0 Å². The summed E-state index contributed by atoms with van der Waals surface area (Å²) in [6.07, 6.45) is 1.40. The average Bonchev–Trinajstić information content (AvgIpc) is 2.30. The van der Waals surface area contributed by atoms with Crippen molar-refractivity contribution in [3.05, 3.63) is 46.8 Å². The number of nitrogens with zero attached hydrogens (tertiary/aromatic N) is 3. The molecule has 0 atom stereocenters. The molecule has 0 unspecified atom stereocenters. The third-order valence-corrected chi connectivity index (χ3v) is 2.45. The molecule has 0 aliphatic rings. The lowest BCUT2D eigenvalue weighted by atomic mass is 10.1. The van der Waals surface area contributed by atoms with Gasteiger partial charge in [-0.15, -0.1) is 0 Å². The molecule has 0 radical (unpaired) electrons. The number of aromatic nitrogens is 2. The Labute approximate surface area is 95.6 Å². The maximum absolute atomic E-state index is 8.71. The van der Waals surface area contributed by atoms with E-state index in [0.29, 0.717) is 5.69 Å². The zero-order valence-corrected chi connectivity index (χ0v) is 9.27. The zero-order chi connectivity index (χ0) is 10.7. The van der Waals surface area contributed by atoms with Crippen LogP contribution in [-0.4, -0.2) is 9.97 Å². The molecule has 15 heavy (non-hydrogen) atoms. The summed E-state index contributed by atoms with van der Waals surface area (Å²) < 4.78 is 1.01. The highest BCUT2D eigenvalue weighted by molar-refractivity contribution is 9.10. The quantitative estimate of drug-likeness (QED) is 0.792. The minimum Gasteiger partial charge on any atom is -0.236 e. The molecule has 0 spiro atoms. The SMILES string of the molecule is N#Cc1cc(-c2ccc(Br)cc2)ncn1. The Morgan fingerprint density at radius 2 is 1.87 bits per heavy atom. The predicted molar refractivity (Wildman–Crippen MR) is 59.9 cm³/mol. The molecule has 0 amide bonds. The molecule has 72 valence electrons. The number of hydrogen-bond acceptors (Lipinski definition) is 3. The van der Waals surface area contributed by atoms with E-state index in [2.05, 4.69) is 25.9 Å².